The quantitative estimate of drug-likeness (QED) is 0.0789. The monoisotopic (exact) mass is 745 g/mol. The number of hydrogen-bond acceptors (Lipinski definition) is 16. The van der Waals surface area contributed by atoms with E-state index in [1.54, 1.807) is 0 Å². The van der Waals surface area contributed by atoms with E-state index in [-0.39, 0.29) is 12.9 Å². The number of rotatable bonds is 41. The van der Waals surface area contributed by atoms with Gasteiger partial charge in [0.05, 0.1) is 152 Å². The molecule has 0 aromatic rings. The summed E-state index contributed by atoms with van der Waals surface area (Å²) in [5.74, 6) is -1.52. The van der Waals surface area contributed by atoms with E-state index in [9.17, 15) is 9.59 Å². The molecule has 1 aliphatic heterocycles. The van der Waals surface area contributed by atoms with Crippen LogP contribution in [0, 0.1) is 0 Å². The predicted octanol–water partition coefficient (Wildman–Crippen LogP) is -0.0704. The zero-order valence-corrected chi connectivity index (χ0v) is 30.3. The van der Waals surface area contributed by atoms with Crippen LogP contribution in [0.3, 0.4) is 0 Å². The van der Waals surface area contributed by atoms with Crippen LogP contribution in [0.5, 0.6) is 0 Å². The van der Waals surface area contributed by atoms with Crippen LogP contribution in [0.15, 0.2) is 0 Å². The summed E-state index contributed by atoms with van der Waals surface area (Å²) in [6.07, 6.45) is 3.16. The largest absolute Gasteiger partial charge is 0.480 e. The molecule has 302 valence electrons. The van der Waals surface area contributed by atoms with Crippen LogP contribution in [-0.4, -0.2) is 202 Å². The predicted molar refractivity (Wildman–Crippen MR) is 180 cm³/mol. The van der Waals surface area contributed by atoms with Crippen molar-refractivity contribution in [3.05, 3.63) is 0 Å². The molecule has 1 amide bonds. The number of hydrogen-bond donors (Lipinski definition) is 2. The molecule has 1 unspecified atom stereocenters. The van der Waals surface area contributed by atoms with Gasteiger partial charge >= 0.3 is 5.97 Å². The molecule has 0 spiro atoms. The highest BCUT2D eigenvalue weighted by Crippen LogP contribution is 2.13. The summed E-state index contributed by atoms with van der Waals surface area (Å²) in [6.45, 7) is 11.2. The number of nitrogens with one attached hydrogen (secondary N) is 1. The molecule has 0 radical (unpaired) electrons. The maximum atomic E-state index is 11.4. The fourth-order valence-corrected chi connectivity index (χ4v) is 3.93. The van der Waals surface area contributed by atoms with Crippen molar-refractivity contribution in [2.24, 2.45) is 0 Å². The summed E-state index contributed by atoms with van der Waals surface area (Å²) in [5.41, 5.74) is 0. The maximum absolute atomic E-state index is 11.4. The third-order valence-corrected chi connectivity index (χ3v) is 6.42. The van der Waals surface area contributed by atoms with Crippen LogP contribution in [0.25, 0.3) is 0 Å². The summed E-state index contributed by atoms with van der Waals surface area (Å²) in [5, 5.41) is 11.0. The lowest BCUT2D eigenvalue weighted by molar-refractivity contribution is -0.169. The van der Waals surface area contributed by atoms with E-state index in [1.165, 1.54) is 0 Å². The van der Waals surface area contributed by atoms with Gasteiger partial charge in [-0.1, -0.05) is 0 Å². The molecule has 1 atom stereocenters. The number of carbonyl (C=O) groups is 2. The Hall–Kier alpha value is -1.62. The second kappa shape index (κ2) is 39.6. The summed E-state index contributed by atoms with van der Waals surface area (Å²) < 4.78 is 75.7. The molecule has 1 fully saturated rings. The molecule has 0 aliphatic carbocycles. The summed E-state index contributed by atoms with van der Waals surface area (Å²) >= 11 is 0. The zero-order valence-electron chi connectivity index (χ0n) is 30.3. The van der Waals surface area contributed by atoms with Crippen molar-refractivity contribution < 1.29 is 81.0 Å². The van der Waals surface area contributed by atoms with Gasteiger partial charge in [0.25, 0.3) is 0 Å². The number of ether oxygens (including phenoxy) is 14. The Morgan fingerprint density at radius 2 is 0.824 bits per heavy atom. The Labute approximate surface area is 302 Å². The Morgan fingerprint density at radius 1 is 0.471 bits per heavy atom. The number of carboxylic acid groups (broad SMARTS) is 1. The summed E-state index contributed by atoms with van der Waals surface area (Å²) in [6, 6.07) is 0. The molecule has 1 aliphatic rings. The Bertz CT molecular complexity index is 748. The fraction of sp³-hybridized carbons (Fsp3) is 0.939. The Kier molecular flexibility index (Phi) is 36.8. The highest BCUT2D eigenvalue weighted by Gasteiger charge is 2.13. The molecule has 18 heteroatoms. The topological polar surface area (TPSA) is 196 Å². The van der Waals surface area contributed by atoms with E-state index in [4.69, 9.17) is 66.7 Å². The fourth-order valence-electron chi connectivity index (χ4n) is 3.93. The lowest BCUT2D eigenvalue weighted by atomic mass is 10.2. The molecule has 0 aromatic heterocycles. The van der Waals surface area contributed by atoms with Crippen LogP contribution < -0.4 is 5.32 Å². The molecular weight excluding hydrogens is 682 g/mol. The molecule has 1 rings (SSSR count). The van der Waals surface area contributed by atoms with E-state index in [0.29, 0.717) is 159 Å². The minimum atomic E-state index is -1.12. The van der Waals surface area contributed by atoms with Gasteiger partial charge in [0, 0.05) is 13.2 Å². The van der Waals surface area contributed by atoms with Gasteiger partial charge in [0.2, 0.25) is 5.91 Å². The third kappa shape index (κ3) is 37.9. The molecule has 0 aromatic carbocycles. The highest BCUT2D eigenvalue weighted by atomic mass is 16.7. The van der Waals surface area contributed by atoms with Crippen molar-refractivity contribution >= 4 is 11.9 Å². The molecular formula is C33H63NO17. The lowest BCUT2D eigenvalue weighted by Crippen LogP contribution is -2.31. The first kappa shape index (κ1) is 47.4. The smallest absolute Gasteiger partial charge is 0.329 e. The Morgan fingerprint density at radius 3 is 1.16 bits per heavy atom. The second-order valence-electron chi connectivity index (χ2n) is 10.6. The van der Waals surface area contributed by atoms with Crippen molar-refractivity contribution in [2.75, 3.05) is 178 Å². The van der Waals surface area contributed by atoms with Gasteiger partial charge in [-0.2, -0.15) is 0 Å². The van der Waals surface area contributed by atoms with Crippen molar-refractivity contribution in [3.63, 3.8) is 0 Å². The Balaban J connectivity index is 1.61. The molecule has 0 bridgehead atoms. The van der Waals surface area contributed by atoms with Gasteiger partial charge in [-0.25, -0.2) is 4.79 Å². The van der Waals surface area contributed by atoms with Crippen molar-refractivity contribution in [3.8, 4) is 0 Å². The minimum absolute atomic E-state index is 0.0747. The minimum Gasteiger partial charge on any atom is -0.480 e. The summed E-state index contributed by atoms with van der Waals surface area (Å²) in [4.78, 5) is 21.7. The molecule has 0 saturated carbocycles. The van der Waals surface area contributed by atoms with E-state index in [0.717, 1.165) is 25.9 Å². The standard InChI is InChI=1S/C33H63NO17/c35-31(29-49-30-32(36)37)34-4-6-38-7-8-39-9-10-40-11-12-41-13-14-42-15-16-43-17-18-44-19-20-45-21-22-46-23-24-47-25-26-48-27-28-51-33-3-1-2-5-50-33/h33H,1-30H2,(H,34,35)(H,36,37). The number of carbonyl (C=O) groups excluding carboxylic acids is 1. The van der Waals surface area contributed by atoms with E-state index < -0.39 is 18.5 Å². The maximum Gasteiger partial charge on any atom is 0.329 e. The molecule has 18 nitrogen and oxygen atoms in total. The zero-order chi connectivity index (χ0) is 36.6. The van der Waals surface area contributed by atoms with Crippen LogP contribution in [0.1, 0.15) is 19.3 Å². The van der Waals surface area contributed by atoms with Gasteiger partial charge in [0.15, 0.2) is 6.29 Å². The number of carboxylic acids is 1. The first-order valence-corrected chi connectivity index (χ1v) is 17.8. The van der Waals surface area contributed by atoms with Crippen molar-refractivity contribution in [2.45, 2.75) is 25.6 Å². The van der Waals surface area contributed by atoms with Gasteiger partial charge in [-0.05, 0) is 19.3 Å². The number of aliphatic carboxylic acids is 1. The second-order valence-corrected chi connectivity index (χ2v) is 10.6. The third-order valence-electron chi connectivity index (χ3n) is 6.42. The van der Waals surface area contributed by atoms with Gasteiger partial charge in [-0.15, -0.1) is 0 Å². The van der Waals surface area contributed by atoms with Crippen LogP contribution in [0.2, 0.25) is 0 Å². The van der Waals surface area contributed by atoms with E-state index in [2.05, 4.69) is 10.1 Å². The van der Waals surface area contributed by atoms with Crippen LogP contribution in [0.4, 0.5) is 0 Å². The van der Waals surface area contributed by atoms with E-state index in [1.807, 2.05) is 0 Å². The average molecular weight is 746 g/mol. The van der Waals surface area contributed by atoms with Crippen molar-refractivity contribution in [1.29, 1.82) is 0 Å². The van der Waals surface area contributed by atoms with Crippen LogP contribution >= 0.6 is 0 Å². The molecule has 1 saturated heterocycles. The van der Waals surface area contributed by atoms with Crippen LogP contribution in [-0.2, 0) is 75.9 Å². The SMILES string of the molecule is O=C(O)COCC(=O)NCCOCCOCCOCCOCCOCCOCCOCCOCCOCCOCCOCCOC1CCCCO1. The highest BCUT2D eigenvalue weighted by molar-refractivity contribution is 5.77. The first-order chi connectivity index (χ1) is 25.2. The van der Waals surface area contributed by atoms with E-state index >= 15 is 0 Å². The summed E-state index contributed by atoms with van der Waals surface area (Å²) in [7, 11) is 0. The lowest BCUT2D eigenvalue weighted by Gasteiger charge is -2.22. The first-order valence-electron chi connectivity index (χ1n) is 17.8. The molecule has 2 N–H and O–H groups in total. The van der Waals surface area contributed by atoms with Gasteiger partial charge in [-0.3, -0.25) is 4.79 Å². The molecule has 51 heavy (non-hydrogen) atoms. The normalized spacial score (nSPS) is 14.6. The van der Waals surface area contributed by atoms with Gasteiger partial charge < -0.3 is 76.7 Å². The average Bonchev–Trinajstić information content (AvgIpc) is 3.13. The molecule has 1 heterocycles. The van der Waals surface area contributed by atoms with Gasteiger partial charge in [0.1, 0.15) is 13.2 Å². The number of amides is 1. The van der Waals surface area contributed by atoms with Crippen molar-refractivity contribution in [1.82, 2.24) is 5.32 Å².